The average Bonchev–Trinajstić information content (AvgIpc) is 3.17. The maximum atomic E-state index is 13.8. The van der Waals surface area contributed by atoms with E-state index >= 15 is 0 Å². The molecule has 1 aliphatic rings. The van der Waals surface area contributed by atoms with E-state index in [0.717, 1.165) is 17.5 Å². The highest BCUT2D eigenvalue weighted by atomic mass is 16.5. The zero-order chi connectivity index (χ0) is 24.5. The van der Waals surface area contributed by atoms with E-state index in [1.807, 2.05) is 81.4 Å². The van der Waals surface area contributed by atoms with E-state index in [4.69, 9.17) is 13.9 Å². The van der Waals surface area contributed by atoms with Crippen LogP contribution < -0.4 is 19.8 Å². The van der Waals surface area contributed by atoms with Crippen LogP contribution in [0.4, 0.5) is 5.69 Å². The van der Waals surface area contributed by atoms with Gasteiger partial charge in [-0.25, -0.2) is 0 Å². The first kappa shape index (κ1) is 22.7. The van der Waals surface area contributed by atoms with Gasteiger partial charge in [0.25, 0.3) is 5.91 Å². The third-order valence-corrected chi connectivity index (χ3v) is 6.11. The molecule has 0 saturated carbocycles. The number of aryl methyl sites for hydroxylation is 1. The number of hydrogen-bond acceptors (Lipinski definition) is 5. The number of hydrogen-bond donors (Lipinski definition) is 0. The summed E-state index contributed by atoms with van der Waals surface area (Å²) >= 11 is 0. The maximum Gasteiger partial charge on any atom is 0.295 e. The maximum absolute atomic E-state index is 13.8. The first-order chi connectivity index (χ1) is 17.0. The fourth-order valence-electron chi connectivity index (χ4n) is 4.55. The Bertz CT molecular complexity index is 1460. The molecule has 1 aromatic heterocycles. The van der Waals surface area contributed by atoms with Crippen molar-refractivity contribution < 1.29 is 18.7 Å². The van der Waals surface area contributed by atoms with E-state index in [0.29, 0.717) is 46.9 Å². The molecular weight excluding hydrogens is 442 g/mol. The molecule has 0 spiro atoms. The van der Waals surface area contributed by atoms with Crippen LogP contribution >= 0.6 is 0 Å². The minimum absolute atomic E-state index is 0.0736. The van der Waals surface area contributed by atoms with Gasteiger partial charge in [0.05, 0.1) is 30.2 Å². The fourth-order valence-corrected chi connectivity index (χ4v) is 4.55. The van der Waals surface area contributed by atoms with Crippen molar-refractivity contribution >= 4 is 22.6 Å². The van der Waals surface area contributed by atoms with Crippen molar-refractivity contribution in [3.63, 3.8) is 0 Å². The zero-order valence-corrected chi connectivity index (χ0v) is 20.0. The van der Waals surface area contributed by atoms with Crippen molar-refractivity contribution in [2.75, 3.05) is 18.1 Å². The Morgan fingerprint density at radius 3 is 2.46 bits per heavy atom. The van der Waals surface area contributed by atoms with Crippen molar-refractivity contribution in [3.8, 4) is 11.5 Å². The molecule has 1 aliphatic heterocycles. The summed E-state index contributed by atoms with van der Waals surface area (Å²) in [5.74, 6) is 0.937. The Hall–Kier alpha value is -4.06. The molecule has 4 aromatic rings. The number of para-hydroxylation sites is 1. The molecule has 178 valence electrons. The lowest BCUT2D eigenvalue weighted by molar-refractivity contribution is 0.0971. The van der Waals surface area contributed by atoms with Gasteiger partial charge in [-0.15, -0.1) is 0 Å². The number of rotatable bonds is 7. The predicted octanol–water partition coefficient (Wildman–Crippen LogP) is 6.04. The van der Waals surface area contributed by atoms with Crippen LogP contribution in [0.25, 0.3) is 11.0 Å². The number of carbonyl (C=O) groups excluding carboxylic acids is 1. The molecule has 1 atom stereocenters. The van der Waals surface area contributed by atoms with Gasteiger partial charge in [0.2, 0.25) is 5.76 Å². The summed E-state index contributed by atoms with van der Waals surface area (Å²) in [5, 5.41) is 0.462. The van der Waals surface area contributed by atoms with Crippen molar-refractivity contribution in [2.24, 2.45) is 0 Å². The number of ether oxygens (including phenoxy) is 2. The van der Waals surface area contributed by atoms with Gasteiger partial charge in [0.1, 0.15) is 5.58 Å². The number of anilines is 1. The quantitative estimate of drug-likeness (QED) is 0.330. The van der Waals surface area contributed by atoms with Gasteiger partial charge in [-0.3, -0.25) is 14.5 Å². The van der Waals surface area contributed by atoms with Gasteiger partial charge >= 0.3 is 0 Å². The normalized spacial score (nSPS) is 14.9. The van der Waals surface area contributed by atoms with E-state index in [2.05, 4.69) is 0 Å². The van der Waals surface area contributed by atoms with Crippen molar-refractivity contribution in [1.29, 1.82) is 0 Å². The fraction of sp³-hybridized carbons (Fsp3) is 0.241. The Morgan fingerprint density at radius 1 is 0.914 bits per heavy atom. The van der Waals surface area contributed by atoms with Crippen LogP contribution in [0.1, 0.15) is 53.6 Å². The molecule has 0 fully saturated rings. The van der Waals surface area contributed by atoms with Crippen LogP contribution in [0.3, 0.4) is 0 Å². The van der Waals surface area contributed by atoms with E-state index in [1.165, 1.54) is 0 Å². The van der Waals surface area contributed by atoms with Crippen molar-refractivity contribution in [1.82, 2.24) is 0 Å². The highest BCUT2D eigenvalue weighted by molar-refractivity contribution is 6.10. The monoisotopic (exact) mass is 469 g/mol. The van der Waals surface area contributed by atoms with Gasteiger partial charge in [0.15, 0.2) is 16.9 Å². The topological polar surface area (TPSA) is 69.0 Å². The predicted molar refractivity (Wildman–Crippen MR) is 136 cm³/mol. The van der Waals surface area contributed by atoms with Gasteiger partial charge in [-0.2, -0.15) is 0 Å². The Balaban J connectivity index is 1.75. The summed E-state index contributed by atoms with van der Waals surface area (Å²) < 4.78 is 17.8. The lowest BCUT2D eigenvalue weighted by atomic mass is 9.97. The second kappa shape index (κ2) is 9.29. The second-order valence-corrected chi connectivity index (χ2v) is 8.57. The van der Waals surface area contributed by atoms with E-state index in [9.17, 15) is 9.59 Å². The minimum atomic E-state index is -0.666. The van der Waals surface area contributed by atoms with E-state index in [1.54, 1.807) is 11.0 Å². The highest BCUT2D eigenvalue weighted by Crippen LogP contribution is 2.43. The largest absolute Gasteiger partial charge is 0.490 e. The Morgan fingerprint density at radius 2 is 1.71 bits per heavy atom. The van der Waals surface area contributed by atoms with E-state index in [-0.39, 0.29) is 17.1 Å². The van der Waals surface area contributed by atoms with Crippen LogP contribution in [-0.4, -0.2) is 19.1 Å². The van der Waals surface area contributed by atoms with Crippen LogP contribution in [0.2, 0.25) is 0 Å². The molecule has 35 heavy (non-hydrogen) atoms. The van der Waals surface area contributed by atoms with E-state index < -0.39 is 6.04 Å². The Labute approximate surface area is 203 Å². The molecule has 1 amide bonds. The number of amides is 1. The first-order valence-corrected chi connectivity index (χ1v) is 11.9. The van der Waals surface area contributed by atoms with Crippen molar-refractivity contribution in [2.45, 2.75) is 33.2 Å². The van der Waals surface area contributed by atoms with Gasteiger partial charge in [0, 0.05) is 5.69 Å². The van der Waals surface area contributed by atoms with Crippen LogP contribution in [-0.2, 0) is 0 Å². The third kappa shape index (κ3) is 3.95. The van der Waals surface area contributed by atoms with Crippen LogP contribution in [0, 0.1) is 6.92 Å². The third-order valence-electron chi connectivity index (χ3n) is 6.11. The number of benzene rings is 3. The standard InChI is InChI=1S/C29H27NO5/c1-4-15-34-23-14-12-19(17-24(23)33-5-2)26-25-27(31)21-16-18(3)11-13-22(21)35-28(25)29(32)30(26)20-9-7-6-8-10-20/h6-14,16-17,26H,4-5,15H2,1-3H3. The number of carbonyl (C=O) groups is 1. The zero-order valence-electron chi connectivity index (χ0n) is 20.0. The molecular formula is C29H27NO5. The SMILES string of the molecule is CCCOc1ccc(C2c3c(oc4ccc(C)cc4c3=O)C(=O)N2c2ccccc2)cc1OCC. The van der Waals surface area contributed by atoms with Gasteiger partial charge in [-0.1, -0.05) is 42.8 Å². The van der Waals surface area contributed by atoms with Gasteiger partial charge in [-0.05, 0) is 62.2 Å². The minimum Gasteiger partial charge on any atom is -0.490 e. The summed E-state index contributed by atoms with van der Waals surface area (Å²) in [7, 11) is 0. The summed E-state index contributed by atoms with van der Waals surface area (Å²) in [6, 6.07) is 19.7. The number of nitrogens with zero attached hydrogens (tertiary/aromatic N) is 1. The summed E-state index contributed by atoms with van der Waals surface area (Å²) in [6.07, 6.45) is 0.868. The average molecular weight is 470 g/mol. The molecule has 2 heterocycles. The molecule has 0 bridgehead atoms. The molecule has 0 aliphatic carbocycles. The first-order valence-electron chi connectivity index (χ1n) is 11.9. The highest BCUT2D eigenvalue weighted by Gasteiger charge is 2.43. The van der Waals surface area contributed by atoms with Crippen molar-refractivity contribution in [3.05, 3.63) is 99.4 Å². The molecule has 0 N–H and O–H groups in total. The summed E-state index contributed by atoms with van der Waals surface area (Å²) in [6.45, 7) is 6.90. The summed E-state index contributed by atoms with van der Waals surface area (Å²) in [4.78, 5) is 29.1. The lowest BCUT2D eigenvalue weighted by Crippen LogP contribution is -2.29. The molecule has 3 aromatic carbocycles. The summed E-state index contributed by atoms with van der Waals surface area (Å²) in [5.41, 5.74) is 2.90. The molecule has 0 radical (unpaired) electrons. The van der Waals surface area contributed by atoms with Crippen LogP contribution in [0.5, 0.6) is 11.5 Å². The lowest BCUT2D eigenvalue weighted by Gasteiger charge is -2.26. The second-order valence-electron chi connectivity index (χ2n) is 8.57. The Kier molecular flexibility index (Phi) is 6.03. The smallest absolute Gasteiger partial charge is 0.295 e. The molecule has 6 nitrogen and oxygen atoms in total. The molecule has 6 heteroatoms. The van der Waals surface area contributed by atoms with Crippen LogP contribution in [0.15, 0.2) is 75.9 Å². The molecule has 1 unspecified atom stereocenters. The number of fused-ring (bicyclic) bond motifs is 2. The molecule has 5 rings (SSSR count). The van der Waals surface area contributed by atoms with Gasteiger partial charge < -0.3 is 13.9 Å². The molecule has 0 saturated heterocycles.